The molecule has 0 atom stereocenters. The zero-order valence-electron chi connectivity index (χ0n) is 6.29. The molecule has 0 aliphatic carbocycles. The van der Waals surface area contributed by atoms with Gasteiger partial charge in [0.25, 0.3) is 0 Å². The van der Waals surface area contributed by atoms with Crippen LogP contribution in [0, 0.1) is 6.92 Å². The molecule has 0 radical (unpaired) electrons. The fourth-order valence-electron chi connectivity index (χ4n) is 1.23. The van der Waals surface area contributed by atoms with Gasteiger partial charge in [0.2, 0.25) is 0 Å². The van der Waals surface area contributed by atoms with Crippen molar-refractivity contribution in [1.29, 1.82) is 0 Å². The van der Waals surface area contributed by atoms with Crippen LogP contribution in [0.2, 0.25) is 0 Å². The molecule has 4 nitrogen and oxygen atoms in total. The summed E-state index contributed by atoms with van der Waals surface area (Å²) in [6.07, 6.45) is 0. The molecule has 0 unspecified atom stereocenters. The first-order valence-electron chi connectivity index (χ1n) is 3.47. The molecule has 1 aliphatic rings. The summed E-state index contributed by atoms with van der Waals surface area (Å²) in [6.45, 7) is 3.12. The van der Waals surface area contributed by atoms with Crippen LogP contribution in [-0.2, 0) is 18.0 Å². The van der Waals surface area contributed by atoms with Crippen molar-refractivity contribution in [1.82, 2.24) is 10.2 Å². The molecule has 0 saturated heterocycles. The lowest BCUT2D eigenvalue weighted by Crippen LogP contribution is -2.02. The van der Waals surface area contributed by atoms with Crippen LogP contribution in [0.15, 0.2) is 0 Å². The van der Waals surface area contributed by atoms with E-state index in [4.69, 9.17) is 10.5 Å². The van der Waals surface area contributed by atoms with Gasteiger partial charge in [-0.2, -0.15) is 5.10 Å². The van der Waals surface area contributed by atoms with Crippen molar-refractivity contribution in [2.24, 2.45) is 0 Å². The largest absolute Gasteiger partial charge is 0.382 e. The van der Waals surface area contributed by atoms with Crippen LogP contribution < -0.4 is 5.73 Å². The second-order valence-corrected chi connectivity index (χ2v) is 2.62. The molecule has 0 spiro atoms. The number of nitrogens with zero attached hydrogens (tertiary/aromatic N) is 2. The summed E-state index contributed by atoms with van der Waals surface area (Å²) in [5, 5.41) is 7.69. The van der Waals surface area contributed by atoms with Crippen molar-refractivity contribution < 1.29 is 4.74 Å². The molecule has 2 heterocycles. The molecule has 58 valence electrons. The molecule has 0 bridgehead atoms. The minimum atomic E-state index is 0.503. The van der Waals surface area contributed by atoms with Gasteiger partial charge in [0.1, 0.15) is 0 Å². The van der Waals surface area contributed by atoms with Crippen LogP contribution in [0.4, 0.5) is 5.82 Å². The maximum atomic E-state index is 5.59. The van der Waals surface area contributed by atoms with E-state index in [0.29, 0.717) is 19.0 Å². The number of rotatable bonds is 0. The number of hydrogen-bond donors (Lipinski definition) is 1. The molecule has 0 amide bonds. The highest BCUT2D eigenvalue weighted by Crippen LogP contribution is 2.24. The van der Waals surface area contributed by atoms with Gasteiger partial charge in [-0.05, 0) is 6.92 Å². The molecule has 0 saturated carbocycles. The van der Waals surface area contributed by atoms with Crippen LogP contribution in [-0.4, -0.2) is 10.2 Å². The quantitative estimate of drug-likeness (QED) is 0.583. The Morgan fingerprint density at radius 3 is 2.73 bits per heavy atom. The molecule has 1 aromatic rings. The number of aryl methyl sites for hydroxylation is 1. The molecule has 0 aromatic carbocycles. The van der Waals surface area contributed by atoms with E-state index < -0.39 is 0 Å². The Bertz CT molecular complexity index is 269. The molecule has 1 aliphatic heterocycles. The third-order valence-corrected chi connectivity index (χ3v) is 1.91. The van der Waals surface area contributed by atoms with E-state index >= 15 is 0 Å². The van der Waals surface area contributed by atoms with Gasteiger partial charge in [-0.25, -0.2) is 0 Å². The van der Waals surface area contributed by atoms with Crippen LogP contribution in [0.25, 0.3) is 0 Å². The summed E-state index contributed by atoms with van der Waals surface area (Å²) < 4.78 is 5.22. The summed E-state index contributed by atoms with van der Waals surface area (Å²) in [5.41, 5.74) is 8.63. The monoisotopic (exact) mass is 151 g/mol. The van der Waals surface area contributed by atoms with E-state index in [1.165, 1.54) is 0 Å². The number of ether oxygens (including phenoxy) is 1. The van der Waals surface area contributed by atoms with Gasteiger partial charge >= 0.3 is 0 Å². The Morgan fingerprint density at radius 2 is 2.00 bits per heavy atom. The van der Waals surface area contributed by atoms with Crippen molar-refractivity contribution in [3.8, 4) is 0 Å². The maximum Gasteiger partial charge on any atom is 0.152 e. The summed E-state index contributed by atoms with van der Waals surface area (Å²) >= 11 is 0. The van der Waals surface area contributed by atoms with Gasteiger partial charge in [-0.3, -0.25) is 0 Å². The van der Waals surface area contributed by atoms with Gasteiger partial charge in [0, 0.05) is 11.1 Å². The van der Waals surface area contributed by atoms with Crippen LogP contribution in [0.3, 0.4) is 0 Å². The Kier molecular flexibility index (Phi) is 1.29. The van der Waals surface area contributed by atoms with Crippen LogP contribution >= 0.6 is 0 Å². The van der Waals surface area contributed by atoms with E-state index in [9.17, 15) is 0 Å². The van der Waals surface area contributed by atoms with Crippen molar-refractivity contribution in [2.45, 2.75) is 20.1 Å². The Morgan fingerprint density at radius 1 is 1.27 bits per heavy atom. The fourth-order valence-corrected chi connectivity index (χ4v) is 1.23. The number of anilines is 1. The lowest BCUT2D eigenvalue weighted by atomic mass is 10.1. The van der Waals surface area contributed by atoms with E-state index in [1.54, 1.807) is 0 Å². The summed E-state index contributed by atoms with van der Waals surface area (Å²) in [6, 6.07) is 0. The highest BCUT2D eigenvalue weighted by molar-refractivity contribution is 5.45. The van der Waals surface area contributed by atoms with E-state index in [-0.39, 0.29) is 0 Å². The highest BCUT2D eigenvalue weighted by Gasteiger charge is 2.17. The average molecular weight is 151 g/mol. The lowest BCUT2D eigenvalue weighted by molar-refractivity contribution is 0.134. The molecule has 1 aromatic heterocycles. The fraction of sp³-hybridized carbons (Fsp3) is 0.429. The van der Waals surface area contributed by atoms with Crippen LogP contribution in [0.1, 0.15) is 16.8 Å². The van der Waals surface area contributed by atoms with Crippen molar-refractivity contribution >= 4 is 5.82 Å². The number of aromatic nitrogens is 2. The number of hydrogen-bond acceptors (Lipinski definition) is 4. The number of nitrogens with two attached hydrogens (primary N) is 1. The summed E-state index contributed by atoms with van der Waals surface area (Å²) in [4.78, 5) is 0. The normalized spacial score (nSPS) is 15.0. The summed E-state index contributed by atoms with van der Waals surface area (Å²) in [7, 11) is 0. The SMILES string of the molecule is Cc1nnc(N)c2c1COC2. The molecule has 2 N–H and O–H groups in total. The minimum Gasteiger partial charge on any atom is -0.382 e. The first-order valence-corrected chi connectivity index (χ1v) is 3.47. The molecule has 0 fully saturated rings. The zero-order valence-corrected chi connectivity index (χ0v) is 6.29. The third-order valence-electron chi connectivity index (χ3n) is 1.91. The summed E-state index contributed by atoms with van der Waals surface area (Å²) in [5.74, 6) is 0.503. The zero-order chi connectivity index (χ0) is 7.84. The Balaban J connectivity index is 2.64. The first-order chi connectivity index (χ1) is 5.29. The molecular formula is C7H9N3O. The molecule has 11 heavy (non-hydrogen) atoms. The molecule has 2 rings (SSSR count). The Hall–Kier alpha value is -1.16. The number of nitrogen functional groups attached to an aromatic ring is 1. The maximum absolute atomic E-state index is 5.59. The van der Waals surface area contributed by atoms with E-state index in [0.717, 1.165) is 16.8 Å². The lowest BCUT2D eigenvalue weighted by Gasteiger charge is -2.00. The predicted octanol–water partition coefficient (Wildman–Crippen LogP) is 0.397. The average Bonchev–Trinajstić information content (AvgIpc) is 2.45. The van der Waals surface area contributed by atoms with Gasteiger partial charge < -0.3 is 10.5 Å². The van der Waals surface area contributed by atoms with Crippen molar-refractivity contribution in [3.05, 3.63) is 16.8 Å². The third kappa shape index (κ3) is 0.867. The van der Waals surface area contributed by atoms with Crippen LogP contribution in [0.5, 0.6) is 0 Å². The standard InChI is InChI=1S/C7H9N3O/c1-4-5-2-11-3-6(5)7(8)10-9-4/h2-3H2,1H3,(H2,8,10). The van der Waals surface area contributed by atoms with E-state index in [1.807, 2.05) is 6.92 Å². The van der Waals surface area contributed by atoms with E-state index in [2.05, 4.69) is 10.2 Å². The molecule has 4 heteroatoms. The number of fused-ring (bicyclic) bond motifs is 1. The van der Waals surface area contributed by atoms with Crippen molar-refractivity contribution in [3.63, 3.8) is 0 Å². The van der Waals surface area contributed by atoms with Gasteiger partial charge in [0.05, 0.1) is 18.9 Å². The predicted molar refractivity (Wildman–Crippen MR) is 39.7 cm³/mol. The van der Waals surface area contributed by atoms with Crippen molar-refractivity contribution in [2.75, 3.05) is 5.73 Å². The van der Waals surface area contributed by atoms with Gasteiger partial charge in [-0.1, -0.05) is 0 Å². The molecular weight excluding hydrogens is 142 g/mol. The second kappa shape index (κ2) is 2.17. The Labute approximate surface area is 64.4 Å². The highest BCUT2D eigenvalue weighted by atomic mass is 16.5. The van der Waals surface area contributed by atoms with Gasteiger partial charge in [-0.15, -0.1) is 5.10 Å². The first kappa shape index (κ1) is 6.54. The van der Waals surface area contributed by atoms with Gasteiger partial charge in [0.15, 0.2) is 5.82 Å². The topological polar surface area (TPSA) is 61.0 Å². The minimum absolute atomic E-state index is 0.503. The second-order valence-electron chi connectivity index (χ2n) is 2.62. The smallest absolute Gasteiger partial charge is 0.152 e.